The van der Waals surface area contributed by atoms with E-state index in [0.717, 1.165) is 49.7 Å². The lowest BCUT2D eigenvalue weighted by molar-refractivity contribution is 0.211. The minimum Gasteiger partial charge on any atom is -0.493 e. The molecule has 0 radical (unpaired) electrons. The van der Waals surface area contributed by atoms with Gasteiger partial charge in [-0.25, -0.2) is 0 Å². The maximum absolute atomic E-state index is 5.69. The van der Waals surface area contributed by atoms with E-state index in [-0.39, 0.29) is 0 Å². The number of rotatable bonds is 7. The molecule has 0 unspecified atom stereocenters. The molecule has 1 saturated heterocycles. The summed E-state index contributed by atoms with van der Waals surface area (Å²) in [6, 6.07) is 10.9. The molecule has 1 aliphatic heterocycles. The van der Waals surface area contributed by atoms with Gasteiger partial charge < -0.3 is 14.8 Å². The molecule has 140 valence electrons. The molecule has 5 heteroatoms. The number of benzene rings is 1. The molecular weight excluding hydrogens is 326 g/mol. The number of aryl methyl sites for hydroxylation is 1. The van der Waals surface area contributed by atoms with E-state index in [1.165, 1.54) is 11.3 Å². The van der Waals surface area contributed by atoms with Crippen LogP contribution in [0.25, 0.3) is 0 Å². The first-order chi connectivity index (χ1) is 12.7. The number of piperidine rings is 1. The number of hydrogen-bond acceptors (Lipinski definition) is 5. The first kappa shape index (κ1) is 18.5. The number of likely N-dealkylation sites (tertiary alicyclic amines) is 1. The Kier molecular flexibility index (Phi) is 6.34. The summed E-state index contributed by atoms with van der Waals surface area (Å²) in [4.78, 5) is 6.76. The molecule has 1 aromatic carbocycles. The third-order valence-electron chi connectivity index (χ3n) is 4.79. The standard InChI is InChI=1S/C21H29N3O2/c1-4-26-21-14-17(5-6-20(21)25-3)15-24-11-8-18(9-12-24)23-19-7-10-22-16(2)13-19/h5-7,10,13-14,18H,4,8-9,11-12,15H2,1-3H3,(H,22,23). The maximum Gasteiger partial charge on any atom is 0.161 e. The molecule has 0 saturated carbocycles. The van der Waals surface area contributed by atoms with Crippen molar-refractivity contribution >= 4 is 5.69 Å². The molecule has 0 bridgehead atoms. The zero-order valence-electron chi connectivity index (χ0n) is 16.0. The van der Waals surface area contributed by atoms with Gasteiger partial charge in [0, 0.05) is 43.3 Å². The molecule has 1 aliphatic rings. The Labute approximate surface area is 156 Å². The fourth-order valence-electron chi connectivity index (χ4n) is 3.45. The number of aromatic nitrogens is 1. The Bertz CT molecular complexity index is 712. The maximum atomic E-state index is 5.69. The highest BCUT2D eigenvalue weighted by atomic mass is 16.5. The van der Waals surface area contributed by atoms with Crippen LogP contribution in [0.15, 0.2) is 36.5 Å². The number of nitrogens with one attached hydrogen (secondary N) is 1. The summed E-state index contributed by atoms with van der Waals surface area (Å²) in [5, 5.41) is 3.64. The van der Waals surface area contributed by atoms with Crippen LogP contribution in [0.4, 0.5) is 5.69 Å². The molecule has 0 amide bonds. The van der Waals surface area contributed by atoms with Crippen LogP contribution in [0, 0.1) is 6.92 Å². The minimum atomic E-state index is 0.530. The Morgan fingerprint density at radius 2 is 1.96 bits per heavy atom. The predicted molar refractivity (Wildman–Crippen MR) is 105 cm³/mol. The largest absolute Gasteiger partial charge is 0.493 e. The van der Waals surface area contributed by atoms with Crippen LogP contribution in [0.3, 0.4) is 0 Å². The highest BCUT2D eigenvalue weighted by Crippen LogP contribution is 2.29. The summed E-state index contributed by atoms with van der Waals surface area (Å²) in [6.45, 7) is 7.80. The van der Waals surface area contributed by atoms with Crippen LogP contribution in [0.1, 0.15) is 31.0 Å². The van der Waals surface area contributed by atoms with Gasteiger partial charge >= 0.3 is 0 Å². The van der Waals surface area contributed by atoms with Gasteiger partial charge in [0.15, 0.2) is 11.5 Å². The van der Waals surface area contributed by atoms with Gasteiger partial charge in [-0.15, -0.1) is 0 Å². The van der Waals surface area contributed by atoms with Gasteiger partial charge in [0.1, 0.15) is 0 Å². The predicted octanol–water partition coefficient (Wildman–Crippen LogP) is 3.87. The van der Waals surface area contributed by atoms with Crippen molar-refractivity contribution in [2.75, 3.05) is 32.1 Å². The Morgan fingerprint density at radius 3 is 2.65 bits per heavy atom. The van der Waals surface area contributed by atoms with Gasteiger partial charge in [-0.05, 0) is 56.5 Å². The molecule has 2 aromatic rings. The molecular formula is C21H29N3O2. The molecule has 1 fully saturated rings. The van der Waals surface area contributed by atoms with Crippen LogP contribution in [-0.2, 0) is 6.54 Å². The second-order valence-corrected chi connectivity index (χ2v) is 6.80. The third kappa shape index (κ3) is 4.88. The fourth-order valence-corrected chi connectivity index (χ4v) is 3.45. The zero-order chi connectivity index (χ0) is 18.4. The van der Waals surface area contributed by atoms with Gasteiger partial charge in [0.05, 0.1) is 13.7 Å². The SMILES string of the molecule is CCOc1cc(CN2CCC(Nc3ccnc(C)c3)CC2)ccc1OC. The van der Waals surface area contributed by atoms with E-state index < -0.39 is 0 Å². The average Bonchev–Trinajstić information content (AvgIpc) is 2.64. The van der Waals surface area contributed by atoms with E-state index in [0.29, 0.717) is 12.6 Å². The van der Waals surface area contributed by atoms with Crippen molar-refractivity contribution in [2.45, 2.75) is 39.3 Å². The normalized spacial score (nSPS) is 15.7. The number of pyridine rings is 1. The van der Waals surface area contributed by atoms with E-state index in [4.69, 9.17) is 9.47 Å². The van der Waals surface area contributed by atoms with Crippen LogP contribution >= 0.6 is 0 Å². The van der Waals surface area contributed by atoms with Crippen molar-refractivity contribution in [1.82, 2.24) is 9.88 Å². The first-order valence-corrected chi connectivity index (χ1v) is 9.39. The average molecular weight is 355 g/mol. The molecule has 0 spiro atoms. The van der Waals surface area contributed by atoms with Crippen LogP contribution in [-0.4, -0.2) is 42.7 Å². The smallest absolute Gasteiger partial charge is 0.161 e. The molecule has 1 N–H and O–H groups in total. The van der Waals surface area contributed by atoms with Crippen LogP contribution < -0.4 is 14.8 Å². The lowest BCUT2D eigenvalue weighted by Gasteiger charge is -2.33. The summed E-state index contributed by atoms with van der Waals surface area (Å²) < 4.78 is 11.1. The number of ether oxygens (including phenoxy) is 2. The number of methoxy groups -OCH3 is 1. The monoisotopic (exact) mass is 355 g/mol. The third-order valence-corrected chi connectivity index (χ3v) is 4.79. The van der Waals surface area contributed by atoms with Crippen LogP contribution in [0.2, 0.25) is 0 Å². The summed E-state index contributed by atoms with van der Waals surface area (Å²) in [7, 11) is 1.68. The molecule has 26 heavy (non-hydrogen) atoms. The molecule has 3 rings (SSSR count). The van der Waals surface area contributed by atoms with Crippen molar-refractivity contribution in [3.8, 4) is 11.5 Å². The van der Waals surface area contributed by atoms with E-state index in [2.05, 4.69) is 33.4 Å². The van der Waals surface area contributed by atoms with E-state index >= 15 is 0 Å². The van der Waals surface area contributed by atoms with Crippen molar-refractivity contribution in [2.24, 2.45) is 0 Å². The first-order valence-electron chi connectivity index (χ1n) is 9.39. The topological polar surface area (TPSA) is 46.6 Å². The molecule has 0 atom stereocenters. The summed E-state index contributed by atoms with van der Waals surface area (Å²) in [5.74, 6) is 1.63. The molecule has 0 aliphatic carbocycles. The lowest BCUT2D eigenvalue weighted by Crippen LogP contribution is -2.38. The number of hydrogen-bond donors (Lipinski definition) is 1. The van der Waals surface area contributed by atoms with Crippen molar-refractivity contribution in [1.29, 1.82) is 0 Å². The van der Waals surface area contributed by atoms with Gasteiger partial charge in [-0.2, -0.15) is 0 Å². The van der Waals surface area contributed by atoms with E-state index in [9.17, 15) is 0 Å². The minimum absolute atomic E-state index is 0.530. The fraction of sp³-hybridized carbons (Fsp3) is 0.476. The quantitative estimate of drug-likeness (QED) is 0.817. The number of anilines is 1. The Balaban J connectivity index is 1.53. The Hall–Kier alpha value is -2.27. The second kappa shape index (κ2) is 8.90. The second-order valence-electron chi connectivity index (χ2n) is 6.80. The summed E-state index contributed by atoms with van der Waals surface area (Å²) in [5.41, 5.74) is 3.50. The van der Waals surface area contributed by atoms with Gasteiger partial charge in [0.2, 0.25) is 0 Å². The molecule has 1 aromatic heterocycles. The number of nitrogens with zero attached hydrogens (tertiary/aromatic N) is 2. The van der Waals surface area contributed by atoms with Crippen LogP contribution in [0.5, 0.6) is 11.5 Å². The van der Waals surface area contributed by atoms with Crippen molar-refractivity contribution in [3.05, 3.63) is 47.8 Å². The van der Waals surface area contributed by atoms with E-state index in [1.54, 1.807) is 7.11 Å². The highest BCUT2D eigenvalue weighted by Gasteiger charge is 2.19. The van der Waals surface area contributed by atoms with Crippen molar-refractivity contribution in [3.63, 3.8) is 0 Å². The van der Waals surface area contributed by atoms with Gasteiger partial charge in [-0.1, -0.05) is 6.07 Å². The highest BCUT2D eigenvalue weighted by molar-refractivity contribution is 5.44. The molecule has 5 nitrogen and oxygen atoms in total. The van der Waals surface area contributed by atoms with E-state index in [1.807, 2.05) is 32.2 Å². The summed E-state index contributed by atoms with van der Waals surface area (Å²) >= 11 is 0. The molecule has 2 heterocycles. The summed E-state index contributed by atoms with van der Waals surface area (Å²) in [6.07, 6.45) is 4.16. The van der Waals surface area contributed by atoms with Gasteiger partial charge in [0.25, 0.3) is 0 Å². The zero-order valence-corrected chi connectivity index (χ0v) is 16.0. The van der Waals surface area contributed by atoms with Gasteiger partial charge in [-0.3, -0.25) is 9.88 Å². The Morgan fingerprint density at radius 1 is 1.15 bits per heavy atom. The van der Waals surface area contributed by atoms with Crippen molar-refractivity contribution < 1.29 is 9.47 Å². The lowest BCUT2D eigenvalue weighted by atomic mass is 10.0.